The average molecular weight is 269 g/mol. The lowest BCUT2D eigenvalue weighted by Gasteiger charge is -2.01. The molecule has 0 N–H and O–H groups in total. The summed E-state index contributed by atoms with van der Waals surface area (Å²) in [5, 5.41) is 1.93. The number of para-hydroxylation sites is 1. The fourth-order valence-electron chi connectivity index (χ4n) is 1.71. The van der Waals surface area contributed by atoms with Crippen LogP contribution >= 0.6 is 11.3 Å². The zero-order valence-electron chi connectivity index (χ0n) is 10.1. The van der Waals surface area contributed by atoms with E-state index in [1.54, 1.807) is 12.1 Å². The minimum absolute atomic E-state index is 0.549. The molecule has 2 aromatic rings. The molecule has 0 unspecified atom stereocenters. The molecule has 19 heavy (non-hydrogen) atoms. The lowest BCUT2D eigenvalue weighted by atomic mass is 10.1. The Morgan fingerprint density at radius 1 is 1.26 bits per heavy atom. The molecule has 0 aliphatic carbocycles. The maximum Gasteiger partial charge on any atom is 0.240 e. The number of allylic oxidation sites excluding steroid dienone is 2. The summed E-state index contributed by atoms with van der Waals surface area (Å²) in [5.74, 6) is 0. The number of aliphatic imine (C=N–C) groups is 1. The van der Waals surface area contributed by atoms with Crippen LogP contribution in [0.3, 0.4) is 0 Å². The number of carbonyl (C=O) groups excluding carboxylic acids is 2. The van der Waals surface area contributed by atoms with Crippen molar-refractivity contribution in [2.24, 2.45) is 4.99 Å². The van der Waals surface area contributed by atoms with Crippen LogP contribution < -0.4 is 0 Å². The molecule has 1 heterocycles. The third-order valence-corrected chi connectivity index (χ3v) is 3.55. The van der Waals surface area contributed by atoms with E-state index in [0.717, 1.165) is 16.7 Å². The van der Waals surface area contributed by atoms with Crippen molar-refractivity contribution in [3.8, 4) is 0 Å². The van der Waals surface area contributed by atoms with Gasteiger partial charge in [-0.25, -0.2) is 4.79 Å². The van der Waals surface area contributed by atoms with Gasteiger partial charge in [-0.15, -0.1) is 11.3 Å². The standard InChI is InChI=1S/C15H11NO2S/c17-10-13(15-6-3-9-19-15)8-7-12-4-1-2-5-14(12)16-11-18/h1-6,8-10H,7H2/b13-8+. The summed E-state index contributed by atoms with van der Waals surface area (Å²) in [6.07, 6.45) is 4.78. The third-order valence-electron chi connectivity index (χ3n) is 2.63. The number of isocyanates is 1. The fraction of sp³-hybridized carbons (Fsp3) is 0.0667. The molecule has 0 spiro atoms. The molecule has 0 bridgehead atoms. The van der Waals surface area contributed by atoms with Crippen LogP contribution in [0.1, 0.15) is 10.4 Å². The van der Waals surface area contributed by atoms with Crippen LogP contribution in [-0.2, 0) is 16.0 Å². The summed E-state index contributed by atoms with van der Waals surface area (Å²) in [7, 11) is 0. The Balaban J connectivity index is 2.26. The van der Waals surface area contributed by atoms with Crippen molar-refractivity contribution in [2.45, 2.75) is 6.42 Å². The molecule has 2 rings (SSSR count). The van der Waals surface area contributed by atoms with Crippen molar-refractivity contribution in [3.63, 3.8) is 0 Å². The van der Waals surface area contributed by atoms with Crippen molar-refractivity contribution in [3.05, 3.63) is 58.3 Å². The van der Waals surface area contributed by atoms with Gasteiger partial charge < -0.3 is 0 Å². The second-order valence-corrected chi connectivity index (χ2v) is 4.74. The summed E-state index contributed by atoms with van der Waals surface area (Å²) in [5.41, 5.74) is 2.13. The SMILES string of the molecule is O=C=Nc1ccccc1C/C=C(\C=O)c1cccs1. The molecule has 0 radical (unpaired) electrons. The summed E-state index contributed by atoms with van der Waals surface area (Å²) < 4.78 is 0. The zero-order valence-corrected chi connectivity index (χ0v) is 10.9. The monoisotopic (exact) mass is 269 g/mol. The Morgan fingerprint density at radius 2 is 2.11 bits per heavy atom. The molecule has 0 saturated heterocycles. The Morgan fingerprint density at radius 3 is 2.79 bits per heavy atom. The molecule has 0 amide bonds. The smallest absolute Gasteiger partial charge is 0.240 e. The number of thiophene rings is 1. The van der Waals surface area contributed by atoms with Crippen LogP contribution in [0.15, 0.2) is 52.8 Å². The molecule has 3 nitrogen and oxygen atoms in total. The normalized spacial score (nSPS) is 10.8. The highest BCUT2D eigenvalue weighted by molar-refractivity contribution is 7.11. The topological polar surface area (TPSA) is 46.5 Å². The molecule has 0 fully saturated rings. The highest BCUT2D eigenvalue weighted by atomic mass is 32.1. The molecule has 1 aromatic heterocycles. The van der Waals surface area contributed by atoms with Gasteiger partial charge >= 0.3 is 0 Å². The van der Waals surface area contributed by atoms with Crippen molar-refractivity contribution < 1.29 is 9.59 Å². The molecule has 4 heteroatoms. The van der Waals surface area contributed by atoms with Crippen molar-refractivity contribution >= 4 is 35.0 Å². The molecule has 0 saturated carbocycles. The first-order valence-corrected chi connectivity index (χ1v) is 6.58. The van der Waals surface area contributed by atoms with E-state index < -0.39 is 0 Å². The summed E-state index contributed by atoms with van der Waals surface area (Å²) >= 11 is 1.52. The Bertz CT molecular complexity index is 638. The van der Waals surface area contributed by atoms with Crippen molar-refractivity contribution in [2.75, 3.05) is 0 Å². The van der Waals surface area contributed by atoms with E-state index in [9.17, 15) is 9.59 Å². The minimum atomic E-state index is 0.549. The molecule has 0 aliphatic heterocycles. The van der Waals surface area contributed by atoms with E-state index in [0.29, 0.717) is 17.7 Å². The van der Waals surface area contributed by atoms with E-state index in [1.165, 1.54) is 11.3 Å². The number of aldehydes is 1. The minimum Gasteiger partial charge on any atom is -0.298 e. The van der Waals surface area contributed by atoms with Crippen LogP contribution in [0.5, 0.6) is 0 Å². The molecular formula is C15H11NO2S. The maximum absolute atomic E-state index is 11.1. The maximum atomic E-state index is 11.1. The fourth-order valence-corrected chi connectivity index (χ4v) is 2.44. The van der Waals surface area contributed by atoms with Crippen LogP contribution in [0, 0.1) is 0 Å². The first-order valence-electron chi connectivity index (χ1n) is 5.70. The van der Waals surface area contributed by atoms with Gasteiger partial charge in [-0.1, -0.05) is 30.3 Å². The van der Waals surface area contributed by atoms with Gasteiger partial charge in [-0.2, -0.15) is 4.99 Å². The quantitative estimate of drug-likeness (QED) is 0.361. The summed E-state index contributed by atoms with van der Waals surface area (Å²) in [6, 6.07) is 11.1. The average Bonchev–Trinajstić information content (AvgIpc) is 2.96. The molecule has 0 atom stereocenters. The Labute approximate surface area is 114 Å². The second-order valence-electron chi connectivity index (χ2n) is 3.79. The van der Waals surface area contributed by atoms with Gasteiger partial charge in [0.1, 0.15) is 0 Å². The Kier molecular flexibility index (Phi) is 4.56. The molecule has 0 aliphatic rings. The molecular weight excluding hydrogens is 258 g/mol. The van der Waals surface area contributed by atoms with Crippen LogP contribution in [0.25, 0.3) is 5.57 Å². The van der Waals surface area contributed by atoms with Gasteiger partial charge in [0.05, 0.1) is 5.69 Å². The third kappa shape index (κ3) is 3.35. The highest BCUT2D eigenvalue weighted by Gasteiger charge is 2.03. The number of hydrogen-bond acceptors (Lipinski definition) is 4. The van der Waals surface area contributed by atoms with Crippen LogP contribution in [0.4, 0.5) is 5.69 Å². The summed E-state index contributed by atoms with van der Waals surface area (Å²) in [6.45, 7) is 0. The lowest BCUT2D eigenvalue weighted by Crippen LogP contribution is -1.86. The van der Waals surface area contributed by atoms with Gasteiger partial charge in [0, 0.05) is 10.5 Å². The van der Waals surface area contributed by atoms with E-state index in [4.69, 9.17) is 0 Å². The van der Waals surface area contributed by atoms with Crippen molar-refractivity contribution in [1.29, 1.82) is 0 Å². The lowest BCUT2D eigenvalue weighted by molar-refractivity contribution is -0.103. The van der Waals surface area contributed by atoms with E-state index in [-0.39, 0.29) is 0 Å². The van der Waals surface area contributed by atoms with Crippen molar-refractivity contribution in [1.82, 2.24) is 0 Å². The number of hydrogen-bond donors (Lipinski definition) is 0. The molecule has 94 valence electrons. The van der Waals surface area contributed by atoms with Gasteiger partial charge in [0.2, 0.25) is 6.08 Å². The summed E-state index contributed by atoms with van der Waals surface area (Å²) in [4.78, 5) is 26.0. The van der Waals surface area contributed by atoms with E-state index in [2.05, 4.69) is 4.99 Å². The number of carbonyl (C=O) groups is 1. The highest BCUT2D eigenvalue weighted by Crippen LogP contribution is 2.22. The van der Waals surface area contributed by atoms with Crippen LogP contribution in [-0.4, -0.2) is 12.4 Å². The predicted molar refractivity (Wildman–Crippen MR) is 76.3 cm³/mol. The zero-order chi connectivity index (χ0) is 13.5. The van der Waals surface area contributed by atoms with Gasteiger partial charge in [-0.05, 0) is 29.5 Å². The number of benzene rings is 1. The van der Waals surface area contributed by atoms with Gasteiger partial charge in [0.15, 0.2) is 6.29 Å². The molecule has 1 aromatic carbocycles. The van der Waals surface area contributed by atoms with E-state index >= 15 is 0 Å². The number of rotatable bonds is 5. The van der Waals surface area contributed by atoms with E-state index in [1.807, 2.05) is 41.8 Å². The first kappa shape index (κ1) is 13.1. The van der Waals surface area contributed by atoms with Crippen LogP contribution in [0.2, 0.25) is 0 Å². The second kappa shape index (κ2) is 6.59. The van der Waals surface area contributed by atoms with Gasteiger partial charge in [0.25, 0.3) is 0 Å². The largest absolute Gasteiger partial charge is 0.298 e. The first-order chi connectivity index (χ1) is 9.35. The number of nitrogens with zero attached hydrogens (tertiary/aromatic N) is 1. The van der Waals surface area contributed by atoms with Gasteiger partial charge in [-0.3, -0.25) is 4.79 Å². The Hall–Kier alpha value is -2.29. The predicted octanol–water partition coefficient (Wildman–Crippen LogP) is 3.54.